The van der Waals surface area contributed by atoms with Crippen LogP contribution in [0.15, 0.2) is 85.1 Å². The number of fused-ring (bicyclic) bond motifs is 1. The summed E-state index contributed by atoms with van der Waals surface area (Å²) in [4.78, 5) is 12.9. The van der Waals surface area contributed by atoms with Gasteiger partial charge in [-0.1, -0.05) is 60.7 Å². The van der Waals surface area contributed by atoms with E-state index in [1.807, 2.05) is 25.1 Å². The van der Waals surface area contributed by atoms with Crippen LogP contribution >= 0.6 is 0 Å². The molecule has 0 bridgehead atoms. The first-order chi connectivity index (χ1) is 16.7. The summed E-state index contributed by atoms with van der Waals surface area (Å²) in [6, 6.07) is 27.0. The molecule has 1 aromatic heterocycles. The first-order valence-corrected chi connectivity index (χ1v) is 11.8. The van der Waals surface area contributed by atoms with Crippen LogP contribution in [0.5, 0.6) is 5.75 Å². The van der Waals surface area contributed by atoms with Crippen molar-refractivity contribution >= 4 is 16.8 Å². The topological polar surface area (TPSA) is 52.5 Å². The maximum atomic E-state index is 12.9. The van der Waals surface area contributed by atoms with Crippen LogP contribution < -0.4 is 10.1 Å². The number of hydrogen-bond donors (Lipinski definition) is 1. The van der Waals surface area contributed by atoms with E-state index in [1.165, 1.54) is 10.9 Å². The summed E-state index contributed by atoms with van der Waals surface area (Å²) in [5.74, 6) is 0.761. The quantitative estimate of drug-likeness (QED) is 0.309. The fraction of sp³-hybridized carbons (Fsp3) is 0.276. The van der Waals surface area contributed by atoms with Crippen molar-refractivity contribution in [1.82, 2.24) is 9.88 Å². The van der Waals surface area contributed by atoms with Crippen LogP contribution in [0, 0.1) is 0 Å². The van der Waals surface area contributed by atoms with Gasteiger partial charge in [0.05, 0.1) is 13.2 Å². The lowest BCUT2D eigenvalue weighted by molar-refractivity contribution is -0.121. The van der Waals surface area contributed by atoms with E-state index in [2.05, 4.69) is 76.7 Å². The Kier molecular flexibility index (Phi) is 7.99. The van der Waals surface area contributed by atoms with Crippen molar-refractivity contribution in [3.8, 4) is 5.75 Å². The van der Waals surface area contributed by atoms with E-state index >= 15 is 0 Å². The number of aromatic nitrogens is 1. The number of nitrogens with one attached hydrogen (secondary N) is 1. The standard InChI is InChI=1S/C29H32N2O3/c1-3-34-24-15-13-23(14-16-24)26(19-29(32)30-17-18-33-2)27-21-31(20-22-9-5-4-6-10-22)28-12-8-7-11-25(27)28/h4-16,21,26H,3,17-20H2,1-2H3,(H,30,32). The Labute approximate surface area is 201 Å². The fourth-order valence-electron chi connectivity index (χ4n) is 4.38. The van der Waals surface area contributed by atoms with Gasteiger partial charge in [0.15, 0.2) is 0 Å². The normalized spacial score (nSPS) is 11.9. The van der Waals surface area contributed by atoms with E-state index in [0.29, 0.717) is 26.2 Å². The molecule has 0 aliphatic heterocycles. The highest BCUT2D eigenvalue weighted by molar-refractivity contribution is 5.86. The van der Waals surface area contributed by atoms with Crippen LogP contribution in [0.25, 0.3) is 10.9 Å². The van der Waals surface area contributed by atoms with Gasteiger partial charge in [-0.3, -0.25) is 4.79 Å². The van der Waals surface area contributed by atoms with E-state index in [0.717, 1.165) is 28.9 Å². The van der Waals surface area contributed by atoms with Crippen molar-refractivity contribution < 1.29 is 14.3 Å². The molecular weight excluding hydrogens is 424 g/mol. The van der Waals surface area contributed by atoms with Crippen LogP contribution in [-0.4, -0.2) is 37.3 Å². The largest absolute Gasteiger partial charge is 0.494 e. The van der Waals surface area contributed by atoms with Gasteiger partial charge in [0.1, 0.15) is 5.75 Å². The average Bonchev–Trinajstić information content (AvgIpc) is 3.22. The van der Waals surface area contributed by atoms with E-state index in [-0.39, 0.29) is 11.8 Å². The van der Waals surface area contributed by atoms with Crippen molar-refractivity contribution in [2.45, 2.75) is 25.8 Å². The van der Waals surface area contributed by atoms with Crippen LogP contribution in [0.3, 0.4) is 0 Å². The Bertz CT molecular complexity index is 1200. The summed E-state index contributed by atoms with van der Waals surface area (Å²) in [5.41, 5.74) is 4.65. The molecule has 34 heavy (non-hydrogen) atoms. The Hall–Kier alpha value is -3.57. The van der Waals surface area contributed by atoms with Gasteiger partial charge >= 0.3 is 0 Å². The van der Waals surface area contributed by atoms with Crippen molar-refractivity contribution in [2.75, 3.05) is 26.9 Å². The highest BCUT2D eigenvalue weighted by Gasteiger charge is 2.23. The number of rotatable bonds is 11. The smallest absolute Gasteiger partial charge is 0.221 e. The second-order valence-electron chi connectivity index (χ2n) is 8.32. The lowest BCUT2D eigenvalue weighted by Gasteiger charge is -2.18. The Morgan fingerprint density at radius 1 is 0.971 bits per heavy atom. The summed E-state index contributed by atoms with van der Waals surface area (Å²) >= 11 is 0. The molecule has 4 rings (SSSR count). The average molecular weight is 457 g/mol. The molecule has 1 atom stereocenters. The van der Waals surface area contributed by atoms with Crippen molar-refractivity contribution in [1.29, 1.82) is 0 Å². The Morgan fingerprint density at radius 2 is 1.71 bits per heavy atom. The number of methoxy groups -OCH3 is 1. The first kappa shape index (κ1) is 23.6. The highest BCUT2D eigenvalue weighted by atomic mass is 16.5. The first-order valence-electron chi connectivity index (χ1n) is 11.8. The van der Waals surface area contributed by atoms with Crippen LogP contribution in [0.1, 0.15) is 36.0 Å². The third-order valence-electron chi connectivity index (χ3n) is 6.00. The van der Waals surface area contributed by atoms with Gasteiger partial charge in [-0.2, -0.15) is 0 Å². The molecule has 0 saturated carbocycles. The number of carbonyl (C=O) groups excluding carboxylic acids is 1. The molecule has 1 heterocycles. The molecule has 0 aliphatic rings. The zero-order valence-electron chi connectivity index (χ0n) is 19.9. The van der Waals surface area contributed by atoms with Gasteiger partial charge in [0.25, 0.3) is 0 Å². The highest BCUT2D eigenvalue weighted by Crippen LogP contribution is 2.35. The van der Waals surface area contributed by atoms with Crippen LogP contribution in [-0.2, 0) is 16.1 Å². The summed E-state index contributed by atoms with van der Waals surface area (Å²) < 4.78 is 13.0. The van der Waals surface area contributed by atoms with Gasteiger partial charge in [0.2, 0.25) is 5.91 Å². The lowest BCUT2D eigenvalue weighted by atomic mass is 9.88. The molecule has 0 spiro atoms. The molecule has 176 valence electrons. The molecule has 4 aromatic rings. The molecule has 0 fully saturated rings. The number of nitrogens with zero attached hydrogens (tertiary/aromatic N) is 1. The molecule has 5 nitrogen and oxygen atoms in total. The monoisotopic (exact) mass is 456 g/mol. The molecular formula is C29H32N2O3. The SMILES string of the molecule is CCOc1ccc(C(CC(=O)NCCOC)c2cn(Cc3ccccc3)c3ccccc23)cc1. The Morgan fingerprint density at radius 3 is 2.44 bits per heavy atom. The summed E-state index contributed by atoms with van der Waals surface area (Å²) in [7, 11) is 1.64. The number of hydrogen-bond acceptors (Lipinski definition) is 3. The van der Waals surface area contributed by atoms with Crippen molar-refractivity contribution in [3.05, 3.63) is 102 Å². The predicted molar refractivity (Wildman–Crippen MR) is 136 cm³/mol. The van der Waals surface area contributed by atoms with E-state index in [1.54, 1.807) is 7.11 Å². The van der Waals surface area contributed by atoms with Gasteiger partial charge in [-0.15, -0.1) is 0 Å². The number of benzene rings is 3. The van der Waals surface area contributed by atoms with Crippen LogP contribution in [0.4, 0.5) is 0 Å². The molecule has 1 amide bonds. The minimum Gasteiger partial charge on any atom is -0.494 e. The lowest BCUT2D eigenvalue weighted by Crippen LogP contribution is -2.28. The van der Waals surface area contributed by atoms with Gasteiger partial charge in [-0.05, 0) is 41.8 Å². The Balaban J connectivity index is 1.72. The molecule has 0 saturated heterocycles. The number of ether oxygens (including phenoxy) is 2. The molecule has 0 aliphatic carbocycles. The summed E-state index contributed by atoms with van der Waals surface area (Å²) in [6.45, 7) is 4.37. The minimum absolute atomic E-state index is 0.0100. The zero-order chi connectivity index (χ0) is 23.8. The third-order valence-corrected chi connectivity index (χ3v) is 6.00. The fourth-order valence-corrected chi connectivity index (χ4v) is 4.38. The number of amides is 1. The molecule has 1 unspecified atom stereocenters. The zero-order valence-corrected chi connectivity index (χ0v) is 19.9. The van der Waals surface area contributed by atoms with E-state index in [4.69, 9.17) is 9.47 Å². The van der Waals surface area contributed by atoms with Gasteiger partial charge < -0.3 is 19.4 Å². The van der Waals surface area contributed by atoms with Gasteiger partial charge in [-0.25, -0.2) is 0 Å². The number of carbonyl (C=O) groups is 1. The number of para-hydroxylation sites is 1. The van der Waals surface area contributed by atoms with Crippen molar-refractivity contribution in [3.63, 3.8) is 0 Å². The van der Waals surface area contributed by atoms with Gasteiger partial charge in [0, 0.05) is 49.6 Å². The second-order valence-corrected chi connectivity index (χ2v) is 8.32. The van der Waals surface area contributed by atoms with E-state index in [9.17, 15) is 4.79 Å². The molecule has 0 radical (unpaired) electrons. The molecule has 5 heteroatoms. The third kappa shape index (κ3) is 5.67. The maximum absolute atomic E-state index is 12.9. The van der Waals surface area contributed by atoms with Crippen molar-refractivity contribution in [2.24, 2.45) is 0 Å². The molecule has 1 N–H and O–H groups in total. The summed E-state index contributed by atoms with van der Waals surface area (Å²) in [6.07, 6.45) is 2.57. The summed E-state index contributed by atoms with van der Waals surface area (Å²) in [5, 5.41) is 4.15. The maximum Gasteiger partial charge on any atom is 0.221 e. The predicted octanol–water partition coefficient (Wildman–Crippen LogP) is 5.37. The minimum atomic E-state index is -0.0832. The van der Waals surface area contributed by atoms with E-state index < -0.39 is 0 Å². The molecule has 3 aromatic carbocycles. The van der Waals surface area contributed by atoms with Crippen LogP contribution in [0.2, 0.25) is 0 Å². The second kappa shape index (κ2) is 11.5.